The predicted molar refractivity (Wildman–Crippen MR) is 70.8 cm³/mol. The summed E-state index contributed by atoms with van der Waals surface area (Å²) in [5.74, 6) is -1.23. The molecular weight excluding hydrogens is 268 g/mol. The Morgan fingerprint density at radius 3 is 2.30 bits per heavy atom. The average molecular weight is 282 g/mol. The van der Waals surface area contributed by atoms with Crippen molar-refractivity contribution in [2.24, 2.45) is 0 Å². The van der Waals surface area contributed by atoms with Crippen LogP contribution in [0, 0.1) is 5.82 Å². The first kappa shape index (κ1) is 14.6. The first-order valence-electron chi connectivity index (χ1n) is 6.38. The zero-order valence-electron chi connectivity index (χ0n) is 11.0. The Morgan fingerprint density at radius 1 is 1.00 bits per heavy atom. The maximum atomic E-state index is 13.6. The molecule has 0 bridgehead atoms. The molecule has 0 aromatic heterocycles. The molecule has 0 nitrogen and oxygen atoms in total. The SMILES string of the molecule is CCCc1ccccc1-c1ccc(C(F)(F)F)c(F)c1. The fraction of sp³-hybridized carbons (Fsp3) is 0.250. The zero-order chi connectivity index (χ0) is 14.8. The number of halogens is 4. The van der Waals surface area contributed by atoms with Gasteiger partial charge in [-0.1, -0.05) is 43.7 Å². The van der Waals surface area contributed by atoms with Gasteiger partial charge in [-0.05, 0) is 35.2 Å². The Balaban J connectivity index is 2.47. The van der Waals surface area contributed by atoms with Crippen LogP contribution in [0.2, 0.25) is 0 Å². The van der Waals surface area contributed by atoms with Crippen molar-refractivity contribution < 1.29 is 17.6 Å². The summed E-state index contributed by atoms with van der Waals surface area (Å²) >= 11 is 0. The van der Waals surface area contributed by atoms with Gasteiger partial charge < -0.3 is 0 Å². The molecule has 0 heterocycles. The fourth-order valence-electron chi connectivity index (χ4n) is 2.20. The van der Waals surface area contributed by atoms with Gasteiger partial charge in [-0.15, -0.1) is 0 Å². The van der Waals surface area contributed by atoms with Crippen LogP contribution >= 0.6 is 0 Å². The molecule has 4 heteroatoms. The summed E-state index contributed by atoms with van der Waals surface area (Å²) in [6.07, 6.45) is -2.94. The van der Waals surface area contributed by atoms with E-state index in [4.69, 9.17) is 0 Å². The third kappa shape index (κ3) is 3.00. The van der Waals surface area contributed by atoms with Crippen LogP contribution in [0.15, 0.2) is 42.5 Å². The molecule has 0 N–H and O–H groups in total. The van der Waals surface area contributed by atoms with E-state index < -0.39 is 17.6 Å². The minimum atomic E-state index is -4.66. The minimum Gasteiger partial charge on any atom is -0.206 e. The third-order valence-corrected chi connectivity index (χ3v) is 3.12. The molecule has 2 rings (SSSR count). The molecule has 0 saturated carbocycles. The molecule has 0 unspecified atom stereocenters. The topological polar surface area (TPSA) is 0 Å². The maximum Gasteiger partial charge on any atom is 0.419 e. The van der Waals surface area contributed by atoms with Crippen LogP contribution in [-0.2, 0) is 12.6 Å². The lowest BCUT2D eigenvalue weighted by Gasteiger charge is -2.12. The molecule has 2 aromatic carbocycles. The molecule has 0 aliphatic rings. The van der Waals surface area contributed by atoms with Gasteiger partial charge in [0.1, 0.15) is 5.82 Å². The van der Waals surface area contributed by atoms with E-state index in [1.54, 1.807) is 12.1 Å². The van der Waals surface area contributed by atoms with Crippen molar-refractivity contribution in [1.82, 2.24) is 0 Å². The molecule has 0 saturated heterocycles. The second-order valence-electron chi connectivity index (χ2n) is 4.60. The number of alkyl halides is 3. The highest BCUT2D eigenvalue weighted by Gasteiger charge is 2.33. The lowest BCUT2D eigenvalue weighted by Crippen LogP contribution is -2.08. The molecule has 2 aromatic rings. The Morgan fingerprint density at radius 2 is 1.70 bits per heavy atom. The summed E-state index contributed by atoms with van der Waals surface area (Å²) in [5.41, 5.74) is 1.03. The summed E-state index contributed by atoms with van der Waals surface area (Å²) in [6, 6.07) is 10.4. The van der Waals surface area contributed by atoms with Gasteiger partial charge in [0.15, 0.2) is 0 Å². The standard InChI is InChI=1S/C16H14F4/c1-2-5-11-6-3-4-7-13(11)12-8-9-14(15(17)10-12)16(18,19)20/h3-4,6-10H,2,5H2,1H3. The zero-order valence-corrected chi connectivity index (χ0v) is 11.0. The van der Waals surface area contributed by atoms with Gasteiger partial charge in [-0.25, -0.2) is 4.39 Å². The molecule has 0 radical (unpaired) electrons. The third-order valence-electron chi connectivity index (χ3n) is 3.12. The summed E-state index contributed by atoms with van der Waals surface area (Å²) < 4.78 is 51.3. The van der Waals surface area contributed by atoms with Crippen LogP contribution in [0.5, 0.6) is 0 Å². The summed E-state index contributed by atoms with van der Waals surface area (Å²) in [7, 11) is 0. The van der Waals surface area contributed by atoms with E-state index in [9.17, 15) is 17.6 Å². The van der Waals surface area contributed by atoms with Gasteiger partial charge in [0.2, 0.25) is 0 Å². The van der Waals surface area contributed by atoms with Crippen molar-refractivity contribution in [2.45, 2.75) is 25.9 Å². The first-order chi connectivity index (χ1) is 9.43. The van der Waals surface area contributed by atoms with E-state index in [0.717, 1.165) is 36.1 Å². The Labute approximate surface area is 115 Å². The predicted octanol–water partition coefficient (Wildman–Crippen LogP) is 5.46. The van der Waals surface area contributed by atoms with E-state index in [1.807, 2.05) is 19.1 Å². The van der Waals surface area contributed by atoms with Crippen molar-refractivity contribution in [1.29, 1.82) is 0 Å². The fourth-order valence-corrected chi connectivity index (χ4v) is 2.20. The smallest absolute Gasteiger partial charge is 0.206 e. The van der Waals surface area contributed by atoms with Crippen LogP contribution in [0.4, 0.5) is 17.6 Å². The van der Waals surface area contributed by atoms with Crippen molar-refractivity contribution >= 4 is 0 Å². The number of benzene rings is 2. The van der Waals surface area contributed by atoms with Gasteiger partial charge >= 0.3 is 6.18 Å². The van der Waals surface area contributed by atoms with Crippen LogP contribution in [0.1, 0.15) is 24.5 Å². The molecule has 0 aliphatic heterocycles. The van der Waals surface area contributed by atoms with E-state index >= 15 is 0 Å². The molecule has 0 atom stereocenters. The summed E-state index contributed by atoms with van der Waals surface area (Å²) in [5, 5.41) is 0. The highest BCUT2D eigenvalue weighted by molar-refractivity contribution is 5.67. The number of rotatable bonds is 3. The average Bonchev–Trinajstić information content (AvgIpc) is 2.38. The Bertz CT molecular complexity index is 600. The molecule has 106 valence electrons. The van der Waals surface area contributed by atoms with Crippen LogP contribution < -0.4 is 0 Å². The number of hydrogen-bond acceptors (Lipinski definition) is 0. The molecule has 0 amide bonds. The van der Waals surface area contributed by atoms with Crippen molar-refractivity contribution in [3.05, 3.63) is 59.4 Å². The van der Waals surface area contributed by atoms with E-state index in [0.29, 0.717) is 5.56 Å². The highest BCUT2D eigenvalue weighted by Crippen LogP contribution is 2.34. The second-order valence-corrected chi connectivity index (χ2v) is 4.60. The van der Waals surface area contributed by atoms with Gasteiger partial charge in [-0.2, -0.15) is 13.2 Å². The lowest BCUT2D eigenvalue weighted by atomic mass is 9.96. The van der Waals surface area contributed by atoms with Gasteiger partial charge in [0.05, 0.1) is 5.56 Å². The van der Waals surface area contributed by atoms with Crippen LogP contribution in [0.25, 0.3) is 11.1 Å². The van der Waals surface area contributed by atoms with Gasteiger partial charge in [0, 0.05) is 0 Å². The summed E-state index contributed by atoms with van der Waals surface area (Å²) in [4.78, 5) is 0. The first-order valence-corrected chi connectivity index (χ1v) is 6.38. The lowest BCUT2D eigenvalue weighted by molar-refractivity contribution is -0.139. The maximum absolute atomic E-state index is 13.6. The Kier molecular flexibility index (Phi) is 4.12. The number of aryl methyl sites for hydroxylation is 1. The second kappa shape index (κ2) is 5.65. The highest BCUT2D eigenvalue weighted by atomic mass is 19.4. The monoisotopic (exact) mass is 282 g/mol. The number of hydrogen-bond donors (Lipinski definition) is 0. The molecule has 0 spiro atoms. The summed E-state index contributed by atoms with van der Waals surface area (Å²) in [6.45, 7) is 2.02. The van der Waals surface area contributed by atoms with Crippen molar-refractivity contribution in [2.75, 3.05) is 0 Å². The minimum absolute atomic E-state index is 0.472. The quantitative estimate of drug-likeness (QED) is 0.655. The van der Waals surface area contributed by atoms with E-state index in [1.165, 1.54) is 6.07 Å². The Hall–Kier alpha value is -1.84. The largest absolute Gasteiger partial charge is 0.419 e. The normalized spacial score (nSPS) is 11.7. The van der Waals surface area contributed by atoms with E-state index in [-0.39, 0.29) is 0 Å². The molecule has 0 fully saturated rings. The van der Waals surface area contributed by atoms with E-state index in [2.05, 4.69) is 0 Å². The van der Waals surface area contributed by atoms with Gasteiger partial charge in [0.25, 0.3) is 0 Å². The van der Waals surface area contributed by atoms with Crippen molar-refractivity contribution in [3.8, 4) is 11.1 Å². The molecule has 0 aliphatic carbocycles. The van der Waals surface area contributed by atoms with Crippen LogP contribution in [-0.4, -0.2) is 0 Å². The van der Waals surface area contributed by atoms with Gasteiger partial charge in [-0.3, -0.25) is 0 Å². The van der Waals surface area contributed by atoms with Crippen molar-refractivity contribution in [3.63, 3.8) is 0 Å². The van der Waals surface area contributed by atoms with Crippen LogP contribution in [0.3, 0.4) is 0 Å². The molecular formula is C16H14F4. The molecule has 20 heavy (non-hydrogen) atoms.